The number of carbonyl (C=O) groups is 3. The Labute approximate surface area is 154 Å². The molecule has 10 heteroatoms. The fourth-order valence-electron chi connectivity index (χ4n) is 1.78. The minimum Gasteiger partial charge on any atom is -0.456 e. The number of sulfonamides is 1. The van der Waals surface area contributed by atoms with Gasteiger partial charge in [-0.2, -0.15) is 0 Å². The van der Waals surface area contributed by atoms with Crippen molar-refractivity contribution in [1.82, 2.24) is 10.0 Å². The predicted molar refractivity (Wildman–Crippen MR) is 94.2 cm³/mol. The van der Waals surface area contributed by atoms with Crippen LogP contribution in [0.1, 0.15) is 9.67 Å². The van der Waals surface area contributed by atoms with E-state index in [0.29, 0.717) is 4.88 Å². The Kier molecular flexibility index (Phi) is 7.01. The highest BCUT2D eigenvalue weighted by atomic mass is 32.2. The molecule has 0 radical (unpaired) electrons. The Bertz CT molecular complexity index is 863. The summed E-state index contributed by atoms with van der Waals surface area (Å²) in [5, 5.41) is 3.94. The van der Waals surface area contributed by atoms with Gasteiger partial charge in [0, 0.05) is 0 Å². The first-order chi connectivity index (χ1) is 12.4. The Morgan fingerprint density at radius 3 is 2.38 bits per heavy atom. The summed E-state index contributed by atoms with van der Waals surface area (Å²) in [4.78, 5) is 35.3. The number of esters is 1. The molecule has 0 atom stereocenters. The van der Waals surface area contributed by atoms with Crippen LogP contribution in [0.4, 0.5) is 0 Å². The van der Waals surface area contributed by atoms with Crippen molar-refractivity contribution in [3.05, 3.63) is 52.7 Å². The summed E-state index contributed by atoms with van der Waals surface area (Å²) in [6, 6.07) is 10.9. The van der Waals surface area contributed by atoms with Gasteiger partial charge in [0.25, 0.3) is 0 Å². The van der Waals surface area contributed by atoms with Crippen LogP contribution in [0.5, 0.6) is 0 Å². The molecule has 0 saturated carbocycles. The zero-order chi connectivity index (χ0) is 19.0. The van der Waals surface area contributed by atoms with E-state index in [1.54, 1.807) is 35.7 Å². The smallest absolute Gasteiger partial charge is 0.325 e. The summed E-state index contributed by atoms with van der Waals surface area (Å²) < 4.78 is 30.8. The SMILES string of the molecule is O=C(CNS(=O)(=O)c1ccccc1)NCC(=O)OCC(=O)c1cccs1. The lowest BCUT2D eigenvalue weighted by Gasteiger charge is -2.08. The van der Waals surface area contributed by atoms with Gasteiger partial charge in [-0.25, -0.2) is 13.1 Å². The number of hydrogen-bond acceptors (Lipinski definition) is 7. The first-order valence-electron chi connectivity index (χ1n) is 7.42. The molecule has 2 rings (SSSR count). The molecule has 0 aliphatic rings. The number of ketones is 1. The molecule has 0 saturated heterocycles. The molecular formula is C16H16N2O6S2. The van der Waals surface area contributed by atoms with Gasteiger partial charge >= 0.3 is 5.97 Å². The molecule has 0 fully saturated rings. The molecule has 1 heterocycles. The van der Waals surface area contributed by atoms with E-state index >= 15 is 0 Å². The van der Waals surface area contributed by atoms with Gasteiger partial charge in [0.15, 0.2) is 6.61 Å². The molecule has 0 aliphatic heterocycles. The molecule has 1 aromatic carbocycles. The summed E-state index contributed by atoms with van der Waals surface area (Å²) >= 11 is 1.23. The van der Waals surface area contributed by atoms with Crippen molar-refractivity contribution < 1.29 is 27.5 Å². The molecule has 8 nitrogen and oxygen atoms in total. The van der Waals surface area contributed by atoms with Gasteiger partial charge in [-0.15, -0.1) is 11.3 Å². The Morgan fingerprint density at radius 2 is 1.73 bits per heavy atom. The van der Waals surface area contributed by atoms with E-state index in [-0.39, 0.29) is 10.7 Å². The van der Waals surface area contributed by atoms with Crippen LogP contribution in [0, 0.1) is 0 Å². The number of hydrogen-bond donors (Lipinski definition) is 2. The summed E-state index contributed by atoms with van der Waals surface area (Å²) in [6.45, 7) is -1.42. The Balaban J connectivity index is 1.70. The van der Waals surface area contributed by atoms with E-state index in [0.717, 1.165) is 0 Å². The number of carbonyl (C=O) groups excluding carboxylic acids is 3. The second kappa shape index (κ2) is 9.22. The average molecular weight is 396 g/mol. The molecule has 0 spiro atoms. The number of rotatable bonds is 9. The van der Waals surface area contributed by atoms with Gasteiger partial charge < -0.3 is 10.1 Å². The van der Waals surface area contributed by atoms with Crippen molar-refractivity contribution in [2.45, 2.75) is 4.90 Å². The molecular weight excluding hydrogens is 380 g/mol. The molecule has 2 N–H and O–H groups in total. The number of ether oxygens (including phenoxy) is 1. The second-order valence-corrected chi connectivity index (χ2v) is 7.69. The lowest BCUT2D eigenvalue weighted by Crippen LogP contribution is -2.39. The van der Waals surface area contributed by atoms with Crippen molar-refractivity contribution in [2.75, 3.05) is 19.7 Å². The largest absolute Gasteiger partial charge is 0.456 e. The highest BCUT2D eigenvalue weighted by molar-refractivity contribution is 7.89. The monoisotopic (exact) mass is 396 g/mol. The molecule has 1 aromatic heterocycles. The first kappa shape index (κ1) is 19.8. The van der Waals surface area contributed by atoms with Crippen LogP contribution < -0.4 is 10.0 Å². The van der Waals surface area contributed by atoms with E-state index in [1.807, 2.05) is 0 Å². The zero-order valence-corrected chi connectivity index (χ0v) is 15.1. The number of amides is 1. The van der Waals surface area contributed by atoms with Gasteiger partial charge in [-0.05, 0) is 23.6 Å². The minimum atomic E-state index is -3.81. The normalized spacial score (nSPS) is 10.9. The van der Waals surface area contributed by atoms with Crippen LogP contribution in [0.25, 0.3) is 0 Å². The van der Waals surface area contributed by atoms with E-state index in [9.17, 15) is 22.8 Å². The van der Waals surface area contributed by atoms with Crippen LogP contribution in [0.15, 0.2) is 52.7 Å². The number of thiophene rings is 1. The van der Waals surface area contributed by atoms with Gasteiger partial charge in [0.05, 0.1) is 16.3 Å². The minimum absolute atomic E-state index is 0.0271. The van der Waals surface area contributed by atoms with E-state index < -0.39 is 41.6 Å². The van der Waals surface area contributed by atoms with Crippen molar-refractivity contribution >= 4 is 39.0 Å². The molecule has 1 amide bonds. The van der Waals surface area contributed by atoms with Gasteiger partial charge in [0.2, 0.25) is 21.7 Å². The maximum Gasteiger partial charge on any atom is 0.325 e. The lowest BCUT2D eigenvalue weighted by atomic mass is 10.3. The van der Waals surface area contributed by atoms with Crippen LogP contribution in [-0.4, -0.2) is 45.8 Å². The summed E-state index contributed by atoms with van der Waals surface area (Å²) in [5.41, 5.74) is 0. The lowest BCUT2D eigenvalue weighted by molar-refractivity contribution is -0.142. The van der Waals surface area contributed by atoms with Gasteiger partial charge in [-0.1, -0.05) is 24.3 Å². The summed E-state index contributed by atoms with van der Waals surface area (Å²) in [5.74, 6) is -1.84. The zero-order valence-electron chi connectivity index (χ0n) is 13.5. The molecule has 2 aromatic rings. The molecule has 0 unspecified atom stereocenters. The van der Waals surface area contributed by atoms with Gasteiger partial charge in [0.1, 0.15) is 6.54 Å². The summed E-state index contributed by atoms with van der Waals surface area (Å²) in [6.07, 6.45) is 0. The first-order valence-corrected chi connectivity index (χ1v) is 9.78. The van der Waals surface area contributed by atoms with Crippen molar-refractivity contribution in [2.24, 2.45) is 0 Å². The van der Waals surface area contributed by atoms with E-state index in [4.69, 9.17) is 4.74 Å². The molecule has 0 bridgehead atoms. The fraction of sp³-hybridized carbons (Fsp3) is 0.188. The van der Waals surface area contributed by atoms with Crippen LogP contribution in [0.3, 0.4) is 0 Å². The molecule has 138 valence electrons. The third kappa shape index (κ3) is 6.06. The highest BCUT2D eigenvalue weighted by Crippen LogP contribution is 2.09. The highest BCUT2D eigenvalue weighted by Gasteiger charge is 2.16. The third-order valence-electron chi connectivity index (χ3n) is 3.07. The van der Waals surface area contributed by atoms with Crippen molar-refractivity contribution in [3.8, 4) is 0 Å². The Hall–Kier alpha value is -2.56. The Morgan fingerprint density at radius 1 is 1.00 bits per heavy atom. The maximum atomic E-state index is 11.9. The number of Topliss-reactive ketones (excluding diaryl/α,β-unsaturated/α-hetero) is 1. The van der Waals surface area contributed by atoms with E-state index in [2.05, 4.69) is 10.0 Å². The van der Waals surface area contributed by atoms with Crippen LogP contribution >= 0.6 is 11.3 Å². The van der Waals surface area contributed by atoms with E-state index in [1.165, 1.54) is 23.5 Å². The summed E-state index contributed by atoms with van der Waals surface area (Å²) in [7, 11) is -3.81. The molecule has 26 heavy (non-hydrogen) atoms. The van der Waals surface area contributed by atoms with Crippen LogP contribution in [-0.2, 0) is 24.3 Å². The second-order valence-electron chi connectivity index (χ2n) is 4.98. The average Bonchev–Trinajstić information content (AvgIpc) is 3.18. The predicted octanol–water partition coefficient (Wildman–Crippen LogP) is 0.569. The van der Waals surface area contributed by atoms with Crippen molar-refractivity contribution in [1.29, 1.82) is 0 Å². The maximum absolute atomic E-state index is 11.9. The van der Waals surface area contributed by atoms with Crippen LogP contribution in [0.2, 0.25) is 0 Å². The molecule has 0 aliphatic carbocycles. The number of nitrogens with one attached hydrogen (secondary N) is 2. The fourth-order valence-corrected chi connectivity index (χ4v) is 3.44. The standard InChI is InChI=1S/C16H16N2O6S2/c19-13(14-7-4-8-25-14)11-24-16(21)10-17-15(20)9-18-26(22,23)12-5-2-1-3-6-12/h1-8,18H,9-11H2,(H,17,20). The van der Waals surface area contributed by atoms with Crippen molar-refractivity contribution in [3.63, 3.8) is 0 Å². The topological polar surface area (TPSA) is 119 Å². The van der Waals surface area contributed by atoms with Gasteiger partial charge in [-0.3, -0.25) is 14.4 Å². The third-order valence-corrected chi connectivity index (χ3v) is 5.39. The number of benzene rings is 1. The quantitative estimate of drug-likeness (QED) is 0.472.